The van der Waals surface area contributed by atoms with Crippen molar-refractivity contribution in [2.45, 2.75) is 0 Å². The van der Waals surface area contributed by atoms with Crippen molar-refractivity contribution in [1.29, 1.82) is 0 Å². The Hall–Kier alpha value is -2.68. The van der Waals surface area contributed by atoms with Crippen LogP contribution in [0.3, 0.4) is 0 Å². The molecule has 0 radical (unpaired) electrons. The van der Waals surface area contributed by atoms with Crippen LogP contribution < -0.4 is 4.80 Å². The van der Waals surface area contributed by atoms with Crippen LogP contribution in [0.5, 0.6) is 5.75 Å². The van der Waals surface area contributed by atoms with Crippen LogP contribution in [0.2, 0.25) is 10.0 Å². The highest BCUT2D eigenvalue weighted by molar-refractivity contribution is 7.07. The number of thiazole rings is 1. The van der Waals surface area contributed by atoms with E-state index in [1.54, 1.807) is 23.9 Å². The van der Waals surface area contributed by atoms with Crippen LogP contribution >= 0.6 is 34.5 Å². The van der Waals surface area contributed by atoms with Crippen LogP contribution in [0, 0.1) is 10.1 Å². The summed E-state index contributed by atoms with van der Waals surface area (Å²) in [7, 11) is 1.63. The second kappa shape index (κ2) is 7.91. The predicted molar refractivity (Wildman–Crippen MR) is 107 cm³/mol. The minimum Gasteiger partial charge on any atom is -0.502 e. The summed E-state index contributed by atoms with van der Waals surface area (Å²) in [6, 6.07) is 9.69. The van der Waals surface area contributed by atoms with E-state index in [-0.39, 0.29) is 10.6 Å². The minimum absolute atomic E-state index is 0.120. The smallest absolute Gasteiger partial charge is 0.312 e. The molecule has 2 aromatic carbocycles. The van der Waals surface area contributed by atoms with Crippen LogP contribution in [0.4, 0.5) is 5.69 Å². The van der Waals surface area contributed by atoms with Crippen molar-refractivity contribution >= 4 is 46.4 Å². The maximum atomic E-state index is 11.0. The second-order valence-electron chi connectivity index (χ2n) is 5.31. The predicted octanol–water partition coefficient (Wildman–Crippen LogP) is 4.55. The van der Waals surface area contributed by atoms with Gasteiger partial charge in [0, 0.05) is 39.7 Å². The fourth-order valence-electron chi connectivity index (χ4n) is 2.34. The van der Waals surface area contributed by atoms with Gasteiger partial charge in [-0.15, -0.1) is 11.3 Å². The van der Waals surface area contributed by atoms with Gasteiger partial charge in [-0.3, -0.25) is 15.1 Å². The molecule has 3 rings (SSSR count). The Morgan fingerprint density at radius 3 is 2.56 bits per heavy atom. The topological polar surface area (TPSA) is 93.0 Å². The normalized spacial score (nSPS) is 12.0. The van der Waals surface area contributed by atoms with Gasteiger partial charge in [0.2, 0.25) is 10.6 Å². The second-order valence-corrected chi connectivity index (χ2v) is 7.02. The third-order valence-electron chi connectivity index (χ3n) is 3.61. The first-order valence-corrected chi connectivity index (χ1v) is 9.15. The van der Waals surface area contributed by atoms with Crippen molar-refractivity contribution in [3.05, 3.63) is 72.3 Å². The number of nitrogens with zero attached hydrogens (tertiary/aromatic N) is 4. The Bertz CT molecular complexity index is 1100. The Balaban J connectivity index is 2.10. The van der Waals surface area contributed by atoms with E-state index < -0.39 is 16.4 Å². The molecule has 27 heavy (non-hydrogen) atoms. The molecule has 7 nitrogen and oxygen atoms in total. The first kappa shape index (κ1) is 19.1. The molecule has 0 saturated carbocycles. The van der Waals surface area contributed by atoms with E-state index in [1.165, 1.54) is 23.6 Å². The third-order valence-corrected chi connectivity index (χ3v) is 4.99. The number of benzene rings is 2. The molecule has 0 atom stereocenters. The van der Waals surface area contributed by atoms with E-state index in [0.717, 1.165) is 17.3 Å². The lowest BCUT2D eigenvalue weighted by atomic mass is 10.2. The van der Waals surface area contributed by atoms with E-state index in [9.17, 15) is 15.2 Å². The van der Waals surface area contributed by atoms with Crippen molar-refractivity contribution in [3.63, 3.8) is 0 Å². The first-order chi connectivity index (χ1) is 12.9. The number of nitro groups is 1. The number of halogens is 2. The van der Waals surface area contributed by atoms with Crippen molar-refractivity contribution in [2.24, 2.45) is 10.1 Å². The molecule has 1 N–H and O–H groups in total. The third kappa shape index (κ3) is 4.02. The van der Waals surface area contributed by atoms with E-state index >= 15 is 0 Å². The van der Waals surface area contributed by atoms with Crippen molar-refractivity contribution < 1.29 is 10.0 Å². The van der Waals surface area contributed by atoms with Gasteiger partial charge in [-0.05, 0) is 18.2 Å². The minimum atomic E-state index is -0.706. The van der Waals surface area contributed by atoms with Crippen LogP contribution in [0.15, 0.2) is 51.9 Å². The number of phenols is 1. The Morgan fingerprint density at radius 1 is 1.22 bits per heavy atom. The number of nitro benzene ring substituents is 1. The van der Waals surface area contributed by atoms with E-state index in [4.69, 9.17) is 23.2 Å². The average molecular weight is 423 g/mol. The monoisotopic (exact) mass is 422 g/mol. The lowest BCUT2D eigenvalue weighted by Crippen LogP contribution is -2.11. The molecule has 0 aliphatic rings. The van der Waals surface area contributed by atoms with Gasteiger partial charge in [0.1, 0.15) is 0 Å². The van der Waals surface area contributed by atoms with Gasteiger partial charge in [0.25, 0.3) is 0 Å². The zero-order chi connectivity index (χ0) is 19.6. The van der Waals surface area contributed by atoms with Crippen molar-refractivity contribution in [2.75, 3.05) is 7.05 Å². The molecule has 0 bridgehead atoms. The molecule has 0 saturated heterocycles. The molecule has 10 heteroatoms. The molecule has 0 aliphatic carbocycles. The zero-order valence-corrected chi connectivity index (χ0v) is 16.2. The average Bonchev–Trinajstić information content (AvgIpc) is 3.05. The quantitative estimate of drug-likeness (QED) is 0.379. The van der Waals surface area contributed by atoms with Crippen molar-refractivity contribution in [3.8, 4) is 17.0 Å². The van der Waals surface area contributed by atoms with Gasteiger partial charge in [-0.1, -0.05) is 35.3 Å². The number of aromatic nitrogens is 1. The largest absolute Gasteiger partial charge is 0.502 e. The molecule has 1 heterocycles. The van der Waals surface area contributed by atoms with Gasteiger partial charge >= 0.3 is 5.69 Å². The molecule has 138 valence electrons. The van der Waals surface area contributed by atoms with E-state index in [0.29, 0.717) is 9.82 Å². The fraction of sp³-hybridized carbons (Fsp3) is 0.0588. The summed E-state index contributed by atoms with van der Waals surface area (Å²) < 4.78 is 1.57. The molecule has 1 aromatic heterocycles. The SMILES string of the molecule is CN=c1scc(-c2ccc(Cl)cc2)n1N=Cc1cc(Cl)cc([N+](=O)[O-])c1O. The molecule has 0 aliphatic heterocycles. The highest BCUT2D eigenvalue weighted by atomic mass is 35.5. The van der Waals surface area contributed by atoms with Gasteiger partial charge in [0.15, 0.2) is 0 Å². The summed E-state index contributed by atoms with van der Waals surface area (Å²) in [5.41, 5.74) is 1.25. The van der Waals surface area contributed by atoms with Crippen LogP contribution in [-0.4, -0.2) is 28.0 Å². The molecule has 0 amide bonds. The summed E-state index contributed by atoms with van der Waals surface area (Å²) in [4.78, 5) is 15.1. The number of aromatic hydroxyl groups is 1. The standard InChI is InChI=1S/C17H12Cl2N4O3S/c1-20-17-22(15(9-27-17)10-2-4-12(18)5-3-10)21-8-11-6-13(19)7-14(16(11)24)23(25)26/h2-9,24H,1H3. The number of hydrogen-bond acceptors (Lipinski definition) is 6. The van der Waals surface area contributed by atoms with Crippen LogP contribution in [-0.2, 0) is 0 Å². The molecule has 3 aromatic rings. The van der Waals surface area contributed by atoms with Gasteiger partial charge < -0.3 is 5.11 Å². The highest BCUT2D eigenvalue weighted by Gasteiger charge is 2.18. The van der Waals surface area contributed by atoms with E-state index in [2.05, 4.69) is 10.1 Å². The molecular weight excluding hydrogens is 411 g/mol. The number of rotatable bonds is 4. The van der Waals surface area contributed by atoms with Gasteiger partial charge in [-0.2, -0.15) is 5.10 Å². The maximum absolute atomic E-state index is 11.0. The Morgan fingerprint density at radius 2 is 1.93 bits per heavy atom. The van der Waals surface area contributed by atoms with Crippen LogP contribution in [0.1, 0.15) is 5.56 Å². The number of phenolic OH excluding ortho intramolecular Hbond substituents is 1. The molecule has 0 spiro atoms. The first-order valence-electron chi connectivity index (χ1n) is 7.51. The summed E-state index contributed by atoms with van der Waals surface area (Å²) in [5, 5.41) is 28.1. The summed E-state index contributed by atoms with van der Waals surface area (Å²) >= 11 is 13.2. The molecule has 0 fully saturated rings. The Kier molecular flexibility index (Phi) is 5.59. The molecular formula is C17H12Cl2N4O3S. The summed E-state index contributed by atoms with van der Waals surface area (Å²) in [6.07, 6.45) is 1.30. The lowest BCUT2D eigenvalue weighted by molar-refractivity contribution is -0.385. The highest BCUT2D eigenvalue weighted by Crippen LogP contribution is 2.32. The lowest BCUT2D eigenvalue weighted by Gasteiger charge is -2.05. The maximum Gasteiger partial charge on any atom is 0.312 e. The van der Waals surface area contributed by atoms with Gasteiger partial charge in [0.05, 0.1) is 16.8 Å². The fourth-order valence-corrected chi connectivity index (χ4v) is 3.49. The van der Waals surface area contributed by atoms with Gasteiger partial charge in [-0.25, -0.2) is 4.68 Å². The summed E-state index contributed by atoms with van der Waals surface area (Å²) in [5.74, 6) is -0.507. The number of hydrogen-bond donors (Lipinski definition) is 1. The van der Waals surface area contributed by atoms with Crippen molar-refractivity contribution in [1.82, 2.24) is 4.68 Å². The van der Waals surface area contributed by atoms with Crippen LogP contribution in [0.25, 0.3) is 11.3 Å². The Labute approximate surface area is 167 Å². The van der Waals surface area contributed by atoms with E-state index in [1.807, 2.05) is 17.5 Å². The zero-order valence-electron chi connectivity index (χ0n) is 13.8. The molecule has 0 unspecified atom stereocenters. The summed E-state index contributed by atoms with van der Waals surface area (Å²) in [6.45, 7) is 0.